The van der Waals surface area contributed by atoms with Crippen molar-refractivity contribution in [2.24, 2.45) is 5.92 Å². The summed E-state index contributed by atoms with van der Waals surface area (Å²) in [6.07, 6.45) is -0.265. The number of methoxy groups -OCH3 is 1. The second kappa shape index (κ2) is 5.02. The van der Waals surface area contributed by atoms with Gasteiger partial charge >= 0.3 is 5.97 Å². The van der Waals surface area contributed by atoms with Crippen LogP contribution in [0.1, 0.15) is 38.7 Å². The summed E-state index contributed by atoms with van der Waals surface area (Å²) < 4.78 is 6.61. The summed E-state index contributed by atoms with van der Waals surface area (Å²) in [6.45, 7) is 5.19. The third kappa shape index (κ3) is 2.35. The minimum absolute atomic E-state index is 0.265. The molecule has 7 heteroatoms. The fourth-order valence-electron chi connectivity index (χ4n) is 1.28. The average molecular weight is 228 g/mol. The van der Waals surface area contributed by atoms with Gasteiger partial charge in [0.2, 0.25) is 0 Å². The standard InChI is InChI=1S/C9H16N4O3/c1-5(9(14)15)6(2)13-8(7(3)16-4)10-11-12-13/h5-7H,1-4H3,(H,14,15). The molecular weight excluding hydrogens is 212 g/mol. The second-order valence-electron chi connectivity index (χ2n) is 3.73. The van der Waals surface area contributed by atoms with Gasteiger partial charge in [0, 0.05) is 7.11 Å². The highest BCUT2D eigenvalue weighted by Gasteiger charge is 2.26. The molecule has 0 radical (unpaired) electrons. The molecule has 0 aliphatic heterocycles. The van der Waals surface area contributed by atoms with E-state index in [-0.39, 0.29) is 12.1 Å². The van der Waals surface area contributed by atoms with Crippen LogP contribution in [0.25, 0.3) is 0 Å². The Balaban J connectivity index is 2.95. The van der Waals surface area contributed by atoms with Crippen molar-refractivity contribution in [1.29, 1.82) is 0 Å². The largest absolute Gasteiger partial charge is 0.481 e. The average Bonchev–Trinajstić information content (AvgIpc) is 2.74. The topological polar surface area (TPSA) is 90.1 Å². The molecule has 3 atom stereocenters. The van der Waals surface area contributed by atoms with Crippen molar-refractivity contribution in [2.75, 3.05) is 7.11 Å². The highest BCUT2D eigenvalue weighted by molar-refractivity contribution is 5.70. The summed E-state index contributed by atoms with van der Waals surface area (Å²) in [6, 6.07) is -0.319. The van der Waals surface area contributed by atoms with Gasteiger partial charge in [-0.2, -0.15) is 0 Å². The van der Waals surface area contributed by atoms with Crippen LogP contribution >= 0.6 is 0 Å². The van der Waals surface area contributed by atoms with Gasteiger partial charge in [0.05, 0.1) is 12.0 Å². The van der Waals surface area contributed by atoms with Gasteiger partial charge in [-0.05, 0) is 31.2 Å². The van der Waals surface area contributed by atoms with Crippen LogP contribution in [-0.2, 0) is 9.53 Å². The molecule has 1 heterocycles. The first kappa shape index (κ1) is 12.6. The van der Waals surface area contributed by atoms with E-state index in [1.165, 1.54) is 4.68 Å². The van der Waals surface area contributed by atoms with Crippen LogP contribution < -0.4 is 0 Å². The number of ether oxygens (including phenoxy) is 1. The summed E-state index contributed by atoms with van der Waals surface area (Å²) in [5.41, 5.74) is 0. The summed E-state index contributed by atoms with van der Waals surface area (Å²) in [4.78, 5) is 10.9. The second-order valence-corrected chi connectivity index (χ2v) is 3.73. The monoisotopic (exact) mass is 228 g/mol. The molecule has 0 saturated carbocycles. The fraction of sp³-hybridized carbons (Fsp3) is 0.778. The molecule has 0 spiro atoms. The first-order valence-electron chi connectivity index (χ1n) is 5.02. The molecule has 0 fully saturated rings. The number of aromatic nitrogens is 4. The molecule has 0 saturated heterocycles. The molecule has 90 valence electrons. The van der Waals surface area contributed by atoms with Gasteiger partial charge in [-0.1, -0.05) is 0 Å². The lowest BCUT2D eigenvalue weighted by atomic mass is 10.0. The minimum atomic E-state index is -0.876. The molecular formula is C9H16N4O3. The molecule has 1 aromatic heterocycles. The predicted molar refractivity (Wildman–Crippen MR) is 54.8 cm³/mol. The van der Waals surface area contributed by atoms with Crippen molar-refractivity contribution in [2.45, 2.75) is 32.9 Å². The first-order valence-corrected chi connectivity index (χ1v) is 5.02. The number of nitrogens with zero attached hydrogens (tertiary/aromatic N) is 4. The number of carboxylic acids is 1. The molecule has 3 unspecified atom stereocenters. The van der Waals surface area contributed by atoms with Crippen LogP contribution in [-0.4, -0.2) is 38.4 Å². The van der Waals surface area contributed by atoms with E-state index in [2.05, 4.69) is 15.5 Å². The maximum Gasteiger partial charge on any atom is 0.308 e. The van der Waals surface area contributed by atoms with E-state index < -0.39 is 11.9 Å². The highest BCUT2D eigenvalue weighted by atomic mass is 16.5. The van der Waals surface area contributed by atoms with E-state index in [9.17, 15) is 4.79 Å². The van der Waals surface area contributed by atoms with Crippen molar-refractivity contribution in [1.82, 2.24) is 20.2 Å². The van der Waals surface area contributed by atoms with Gasteiger partial charge in [0.1, 0.15) is 6.10 Å². The zero-order valence-corrected chi connectivity index (χ0v) is 9.78. The summed E-state index contributed by atoms with van der Waals surface area (Å²) in [5.74, 6) is -0.909. The zero-order valence-electron chi connectivity index (χ0n) is 9.78. The number of carboxylic acid groups (broad SMARTS) is 1. The van der Waals surface area contributed by atoms with Crippen molar-refractivity contribution in [3.05, 3.63) is 5.82 Å². The molecule has 0 aliphatic carbocycles. The van der Waals surface area contributed by atoms with Crippen LogP contribution in [0.2, 0.25) is 0 Å². The minimum Gasteiger partial charge on any atom is -0.481 e. The summed E-state index contributed by atoms with van der Waals surface area (Å²) >= 11 is 0. The van der Waals surface area contributed by atoms with Crippen LogP contribution in [0.4, 0.5) is 0 Å². The molecule has 1 N–H and O–H groups in total. The Labute approximate surface area is 93.4 Å². The maximum atomic E-state index is 10.9. The number of hydrogen-bond acceptors (Lipinski definition) is 5. The Morgan fingerprint density at radius 2 is 2.06 bits per heavy atom. The van der Waals surface area contributed by atoms with Crippen LogP contribution in [0.15, 0.2) is 0 Å². The van der Waals surface area contributed by atoms with Crippen molar-refractivity contribution in [3.8, 4) is 0 Å². The molecule has 1 rings (SSSR count). The van der Waals surface area contributed by atoms with E-state index in [1.54, 1.807) is 27.9 Å². The lowest BCUT2D eigenvalue weighted by Gasteiger charge is -2.18. The van der Waals surface area contributed by atoms with Gasteiger partial charge in [-0.3, -0.25) is 4.79 Å². The Morgan fingerprint density at radius 3 is 2.56 bits per heavy atom. The lowest BCUT2D eigenvalue weighted by molar-refractivity contribution is -0.142. The Hall–Kier alpha value is -1.50. The molecule has 0 amide bonds. The lowest BCUT2D eigenvalue weighted by Crippen LogP contribution is -2.25. The van der Waals surface area contributed by atoms with Crippen molar-refractivity contribution in [3.63, 3.8) is 0 Å². The van der Waals surface area contributed by atoms with Crippen molar-refractivity contribution < 1.29 is 14.6 Å². The number of rotatable bonds is 5. The van der Waals surface area contributed by atoms with Crippen LogP contribution in [0.3, 0.4) is 0 Å². The molecule has 0 aromatic carbocycles. The molecule has 0 bridgehead atoms. The Kier molecular flexibility index (Phi) is 3.94. The van der Waals surface area contributed by atoms with Crippen molar-refractivity contribution >= 4 is 5.97 Å². The molecule has 7 nitrogen and oxygen atoms in total. The van der Waals surface area contributed by atoms with Gasteiger partial charge in [-0.25, -0.2) is 4.68 Å². The van der Waals surface area contributed by atoms with E-state index >= 15 is 0 Å². The van der Waals surface area contributed by atoms with Crippen LogP contribution in [0, 0.1) is 5.92 Å². The van der Waals surface area contributed by atoms with Gasteiger partial charge in [0.15, 0.2) is 5.82 Å². The van der Waals surface area contributed by atoms with E-state index in [0.29, 0.717) is 5.82 Å². The van der Waals surface area contributed by atoms with Gasteiger partial charge in [-0.15, -0.1) is 5.10 Å². The molecule has 1 aromatic rings. The Morgan fingerprint density at radius 1 is 1.44 bits per heavy atom. The number of carbonyl (C=O) groups is 1. The van der Waals surface area contributed by atoms with Gasteiger partial charge in [0.25, 0.3) is 0 Å². The van der Waals surface area contributed by atoms with E-state index in [0.717, 1.165) is 0 Å². The number of aliphatic carboxylic acids is 1. The van der Waals surface area contributed by atoms with Gasteiger partial charge < -0.3 is 9.84 Å². The fourth-order valence-corrected chi connectivity index (χ4v) is 1.28. The summed E-state index contributed by atoms with van der Waals surface area (Å²) in [5, 5.41) is 20.1. The summed E-state index contributed by atoms with van der Waals surface area (Å²) in [7, 11) is 1.55. The number of tetrazole rings is 1. The Bertz CT molecular complexity index is 365. The molecule has 16 heavy (non-hydrogen) atoms. The van der Waals surface area contributed by atoms with Crippen LogP contribution in [0.5, 0.6) is 0 Å². The highest BCUT2D eigenvalue weighted by Crippen LogP contribution is 2.21. The molecule has 0 aliphatic rings. The van der Waals surface area contributed by atoms with E-state index in [1.807, 2.05) is 0 Å². The third-order valence-corrected chi connectivity index (χ3v) is 2.73. The maximum absolute atomic E-state index is 10.9. The SMILES string of the molecule is COC(C)c1nnnn1C(C)C(C)C(=O)O. The normalized spacial score (nSPS) is 16.8. The van der Waals surface area contributed by atoms with E-state index in [4.69, 9.17) is 9.84 Å². The smallest absolute Gasteiger partial charge is 0.308 e. The first-order chi connectivity index (χ1) is 7.49. The number of hydrogen-bond donors (Lipinski definition) is 1. The quantitative estimate of drug-likeness (QED) is 0.796. The third-order valence-electron chi connectivity index (χ3n) is 2.73. The predicted octanol–water partition coefficient (Wildman–Crippen LogP) is 0.662. The zero-order chi connectivity index (χ0) is 12.3.